The van der Waals surface area contributed by atoms with Gasteiger partial charge < -0.3 is 10.1 Å². The smallest absolute Gasteiger partial charge is 0.241 e. The number of fused-ring (bicyclic) bond motifs is 1. The Morgan fingerprint density at radius 1 is 1.27 bits per heavy atom. The van der Waals surface area contributed by atoms with E-state index < -0.39 is 15.9 Å². The number of hydrogen-bond donors (Lipinski definition) is 1. The quantitative estimate of drug-likeness (QED) is 0.846. The maximum absolute atomic E-state index is 12.5. The first kappa shape index (κ1) is 18.5. The number of hydrogen-bond acceptors (Lipinski definition) is 4. The Labute approximate surface area is 157 Å². The second-order valence-electron chi connectivity index (χ2n) is 6.04. The molecule has 0 saturated carbocycles. The molecular weight excluding hydrogens is 376 g/mol. The third-order valence-electron chi connectivity index (χ3n) is 4.08. The van der Waals surface area contributed by atoms with Gasteiger partial charge in [0.25, 0.3) is 0 Å². The molecule has 1 aliphatic rings. The van der Waals surface area contributed by atoms with Gasteiger partial charge in [0.15, 0.2) is 0 Å². The molecule has 2 aromatic rings. The molecule has 2 aromatic carbocycles. The summed E-state index contributed by atoms with van der Waals surface area (Å²) in [6.07, 6.45) is 1.68. The van der Waals surface area contributed by atoms with Crippen LogP contribution in [0.2, 0.25) is 5.02 Å². The van der Waals surface area contributed by atoms with E-state index in [4.69, 9.17) is 16.3 Å². The van der Waals surface area contributed by atoms with Gasteiger partial charge in [-0.05, 0) is 24.3 Å². The number of carbonyl (C=O) groups excluding carboxylic acids is 1. The van der Waals surface area contributed by atoms with Gasteiger partial charge >= 0.3 is 0 Å². The van der Waals surface area contributed by atoms with Gasteiger partial charge in [-0.15, -0.1) is 0 Å². The second kappa shape index (κ2) is 7.55. The molecule has 1 heterocycles. The number of carbonyl (C=O) groups is 1. The number of sulfonamides is 1. The number of para-hydroxylation sites is 1. The summed E-state index contributed by atoms with van der Waals surface area (Å²) in [4.78, 5) is 12.5. The first-order valence-corrected chi connectivity index (χ1v) is 10.3. The summed E-state index contributed by atoms with van der Waals surface area (Å²) < 4.78 is 30.9. The van der Waals surface area contributed by atoms with Crippen LogP contribution in [-0.4, -0.2) is 33.7 Å². The van der Waals surface area contributed by atoms with Gasteiger partial charge in [-0.2, -0.15) is 0 Å². The lowest BCUT2D eigenvalue weighted by Crippen LogP contribution is -2.42. The number of halogens is 1. The molecule has 0 unspecified atom stereocenters. The molecule has 1 aliphatic heterocycles. The molecular formula is C18H19ClN2O4S. The molecule has 3 rings (SSSR count). The van der Waals surface area contributed by atoms with E-state index >= 15 is 0 Å². The number of nitrogens with one attached hydrogen (secondary N) is 1. The Balaban J connectivity index is 1.77. The highest BCUT2D eigenvalue weighted by atomic mass is 35.5. The van der Waals surface area contributed by atoms with E-state index in [1.807, 2.05) is 24.3 Å². The van der Waals surface area contributed by atoms with Crippen molar-refractivity contribution in [1.82, 2.24) is 5.32 Å². The van der Waals surface area contributed by atoms with Crippen LogP contribution in [0.25, 0.3) is 0 Å². The maximum atomic E-state index is 12.5. The van der Waals surface area contributed by atoms with Crippen molar-refractivity contribution in [3.8, 4) is 5.75 Å². The number of benzene rings is 2. The molecule has 0 spiro atoms. The summed E-state index contributed by atoms with van der Waals surface area (Å²) in [5.41, 5.74) is 1.24. The van der Waals surface area contributed by atoms with Crippen LogP contribution in [-0.2, 0) is 14.8 Å². The fraction of sp³-hybridized carbons (Fsp3) is 0.278. The molecule has 0 bridgehead atoms. The highest BCUT2D eigenvalue weighted by molar-refractivity contribution is 7.92. The monoisotopic (exact) mass is 394 g/mol. The Morgan fingerprint density at radius 3 is 2.77 bits per heavy atom. The van der Waals surface area contributed by atoms with Crippen molar-refractivity contribution in [3.63, 3.8) is 0 Å². The van der Waals surface area contributed by atoms with Crippen molar-refractivity contribution in [3.05, 3.63) is 59.1 Å². The fourth-order valence-corrected chi connectivity index (χ4v) is 3.93. The van der Waals surface area contributed by atoms with E-state index in [0.717, 1.165) is 21.9 Å². The van der Waals surface area contributed by atoms with Gasteiger partial charge in [-0.3, -0.25) is 9.10 Å². The van der Waals surface area contributed by atoms with Crippen LogP contribution >= 0.6 is 11.6 Å². The molecule has 0 aromatic heterocycles. The van der Waals surface area contributed by atoms with Crippen LogP contribution < -0.4 is 14.4 Å². The van der Waals surface area contributed by atoms with Crippen LogP contribution in [0.15, 0.2) is 48.5 Å². The normalized spacial score (nSPS) is 16.3. The molecule has 0 radical (unpaired) electrons. The number of ether oxygens (including phenoxy) is 1. The van der Waals surface area contributed by atoms with Gasteiger partial charge in [0.05, 0.1) is 24.6 Å². The summed E-state index contributed by atoms with van der Waals surface area (Å²) in [6, 6.07) is 13.7. The highest BCUT2D eigenvalue weighted by Gasteiger charge is 2.26. The molecule has 6 nitrogen and oxygen atoms in total. The third-order valence-corrected chi connectivity index (χ3v) is 5.45. The van der Waals surface area contributed by atoms with Gasteiger partial charge in [-0.1, -0.05) is 35.9 Å². The highest BCUT2D eigenvalue weighted by Crippen LogP contribution is 2.31. The van der Waals surface area contributed by atoms with Gasteiger partial charge in [0.1, 0.15) is 12.3 Å². The van der Waals surface area contributed by atoms with E-state index in [-0.39, 0.29) is 12.6 Å². The average molecular weight is 395 g/mol. The van der Waals surface area contributed by atoms with Crippen molar-refractivity contribution in [2.45, 2.75) is 12.5 Å². The minimum absolute atomic E-state index is 0.215. The lowest BCUT2D eigenvalue weighted by molar-refractivity contribution is -0.120. The van der Waals surface area contributed by atoms with Crippen molar-refractivity contribution in [1.29, 1.82) is 0 Å². The molecule has 0 fully saturated rings. The van der Waals surface area contributed by atoms with Crippen LogP contribution in [0, 0.1) is 0 Å². The molecule has 138 valence electrons. The van der Waals surface area contributed by atoms with Crippen LogP contribution in [0.4, 0.5) is 5.69 Å². The zero-order valence-corrected chi connectivity index (χ0v) is 15.8. The predicted molar refractivity (Wildman–Crippen MR) is 101 cm³/mol. The Bertz CT molecular complexity index is 917. The number of amides is 1. The number of nitrogens with zero attached hydrogens (tertiary/aromatic N) is 1. The van der Waals surface area contributed by atoms with Crippen LogP contribution in [0.5, 0.6) is 5.75 Å². The lowest BCUT2D eigenvalue weighted by Gasteiger charge is -2.28. The average Bonchev–Trinajstić information content (AvgIpc) is 2.59. The van der Waals surface area contributed by atoms with Crippen molar-refractivity contribution < 1.29 is 17.9 Å². The largest absolute Gasteiger partial charge is 0.493 e. The summed E-state index contributed by atoms with van der Waals surface area (Å²) >= 11 is 5.95. The topological polar surface area (TPSA) is 75.7 Å². The van der Waals surface area contributed by atoms with Crippen LogP contribution in [0.1, 0.15) is 18.0 Å². The SMILES string of the molecule is CS(=O)(=O)N(CC(=O)N[C@H]1CCOc2ccccc21)c1cccc(Cl)c1. The van der Waals surface area contributed by atoms with E-state index in [0.29, 0.717) is 23.7 Å². The zero-order valence-electron chi connectivity index (χ0n) is 14.2. The van der Waals surface area contributed by atoms with Crippen molar-refractivity contribution >= 4 is 33.2 Å². The molecule has 1 atom stereocenters. The molecule has 0 aliphatic carbocycles. The number of anilines is 1. The predicted octanol–water partition coefficient (Wildman–Crippen LogP) is 2.75. The van der Waals surface area contributed by atoms with Crippen LogP contribution in [0.3, 0.4) is 0 Å². The Kier molecular flexibility index (Phi) is 5.38. The molecule has 26 heavy (non-hydrogen) atoms. The van der Waals surface area contributed by atoms with Crippen molar-refractivity contribution in [2.24, 2.45) is 0 Å². The minimum atomic E-state index is -3.64. The maximum Gasteiger partial charge on any atom is 0.241 e. The number of rotatable bonds is 5. The summed E-state index contributed by atoms with van der Waals surface area (Å²) in [6.45, 7) is 0.171. The van der Waals surface area contributed by atoms with Gasteiger partial charge in [0.2, 0.25) is 15.9 Å². The molecule has 1 amide bonds. The first-order valence-electron chi connectivity index (χ1n) is 8.09. The van der Waals surface area contributed by atoms with E-state index in [9.17, 15) is 13.2 Å². The van der Waals surface area contributed by atoms with Crippen molar-refractivity contribution in [2.75, 3.05) is 23.7 Å². The lowest BCUT2D eigenvalue weighted by atomic mass is 10.0. The summed E-state index contributed by atoms with van der Waals surface area (Å²) in [7, 11) is -3.64. The standard InChI is InChI=1S/C18H19ClN2O4S/c1-26(23,24)21(14-6-4-5-13(19)11-14)12-18(22)20-16-9-10-25-17-8-3-2-7-15(16)17/h2-8,11,16H,9-10,12H2,1H3,(H,20,22)/t16-/m0/s1. The first-order chi connectivity index (χ1) is 12.3. The molecule has 0 saturated heterocycles. The summed E-state index contributed by atoms with van der Waals surface area (Å²) in [5.74, 6) is 0.343. The zero-order chi connectivity index (χ0) is 18.7. The van der Waals surface area contributed by atoms with E-state index in [1.165, 1.54) is 6.07 Å². The fourth-order valence-electron chi connectivity index (χ4n) is 2.89. The second-order valence-corrected chi connectivity index (χ2v) is 8.39. The van der Waals surface area contributed by atoms with E-state index in [1.54, 1.807) is 18.2 Å². The minimum Gasteiger partial charge on any atom is -0.493 e. The molecule has 1 N–H and O–H groups in total. The Morgan fingerprint density at radius 2 is 2.04 bits per heavy atom. The van der Waals surface area contributed by atoms with Gasteiger partial charge in [0, 0.05) is 17.0 Å². The summed E-state index contributed by atoms with van der Waals surface area (Å²) in [5, 5.41) is 3.30. The van der Waals surface area contributed by atoms with E-state index in [2.05, 4.69) is 5.32 Å². The third kappa shape index (κ3) is 4.28. The van der Waals surface area contributed by atoms with Gasteiger partial charge in [-0.25, -0.2) is 8.42 Å². The molecule has 8 heteroatoms. The Hall–Kier alpha value is -2.25.